The molecule has 1 aromatic rings. The molecular weight excluding hydrogens is 292 g/mol. The molecule has 1 aromatic carbocycles. The Hall–Kier alpha value is -1.59. The third-order valence-electron chi connectivity index (χ3n) is 4.09. The first-order valence-corrected chi connectivity index (χ1v) is 8.54. The normalized spacial score (nSPS) is 15.7. The molecule has 2 N–H and O–H groups in total. The third kappa shape index (κ3) is 5.84. The van der Waals surface area contributed by atoms with Gasteiger partial charge in [0.05, 0.1) is 19.1 Å². The molecule has 23 heavy (non-hydrogen) atoms. The molecule has 0 unspecified atom stereocenters. The average Bonchev–Trinajstić information content (AvgIpc) is 2.58. The van der Waals surface area contributed by atoms with Crippen LogP contribution in [0.25, 0.3) is 0 Å². The van der Waals surface area contributed by atoms with Gasteiger partial charge in [0.25, 0.3) is 0 Å². The quantitative estimate of drug-likeness (QED) is 0.744. The molecule has 0 aromatic heterocycles. The van der Waals surface area contributed by atoms with Crippen molar-refractivity contribution < 1.29 is 14.3 Å². The van der Waals surface area contributed by atoms with Gasteiger partial charge in [-0.05, 0) is 50.4 Å². The topological polar surface area (TPSA) is 64.8 Å². The van der Waals surface area contributed by atoms with Gasteiger partial charge in [-0.3, -0.25) is 4.79 Å². The lowest BCUT2D eigenvalue weighted by Gasteiger charge is -2.32. The molecule has 0 spiro atoms. The summed E-state index contributed by atoms with van der Waals surface area (Å²) >= 11 is 0. The Balaban J connectivity index is 1.74. The molecule has 2 rings (SSSR count). The Morgan fingerprint density at radius 1 is 1.26 bits per heavy atom. The number of rotatable bonds is 8. The summed E-state index contributed by atoms with van der Waals surface area (Å²) in [4.78, 5) is 14.3. The number of carbonyl (C=O) groups is 1. The first-order chi connectivity index (χ1) is 11.2. The molecule has 5 nitrogen and oxygen atoms in total. The number of nitrogens with zero attached hydrogens (tertiary/aromatic N) is 1. The lowest BCUT2D eigenvalue weighted by atomic mass is 10.1. The van der Waals surface area contributed by atoms with Gasteiger partial charge in [0, 0.05) is 19.7 Å². The number of ether oxygens (including phenoxy) is 2. The van der Waals surface area contributed by atoms with Crippen LogP contribution in [0.15, 0.2) is 24.3 Å². The highest BCUT2D eigenvalue weighted by Gasteiger charge is 2.23. The van der Waals surface area contributed by atoms with Crippen molar-refractivity contribution in [1.82, 2.24) is 4.90 Å². The maximum Gasteiger partial charge on any atom is 0.226 e. The highest BCUT2D eigenvalue weighted by Crippen LogP contribution is 2.17. The highest BCUT2D eigenvalue weighted by molar-refractivity contribution is 5.78. The summed E-state index contributed by atoms with van der Waals surface area (Å²) in [6.07, 6.45) is 3.46. The Kier molecular flexibility index (Phi) is 7.36. The second-order valence-electron chi connectivity index (χ2n) is 5.85. The smallest absolute Gasteiger partial charge is 0.226 e. The SMILES string of the molecule is CCOc1ccc(CC(=O)N2CCC(OCCCN)CC2)cc1. The summed E-state index contributed by atoms with van der Waals surface area (Å²) in [5.74, 6) is 1.04. The van der Waals surface area contributed by atoms with E-state index in [1.807, 2.05) is 36.1 Å². The Morgan fingerprint density at radius 3 is 2.57 bits per heavy atom. The molecule has 1 saturated heterocycles. The van der Waals surface area contributed by atoms with Gasteiger partial charge in [0.15, 0.2) is 0 Å². The molecule has 1 aliphatic rings. The number of hydrogen-bond acceptors (Lipinski definition) is 4. The number of amides is 1. The van der Waals surface area contributed by atoms with Crippen LogP contribution in [0.5, 0.6) is 5.75 Å². The van der Waals surface area contributed by atoms with Crippen molar-refractivity contribution in [2.75, 3.05) is 32.8 Å². The van der Waals surface area contributed by atoms with Crippen LogP contribution in [0.3, 0.4) is 0 Å². The van der Waals surface area contributed by atoms with Gasteiger partial charge in [-0.15, -0.1) is 0 Å². The Morgan fingerprint density at radius 2 is 1.96 bits per heavy atom. The number of likely N-dealkylation sites (tertiary alicyclic amines) is 1. The predicted octanol–water partition coefficient (Wildman–Crippen LogP) is 1.98. The monoisotopic (exact) mass is 320 g/mol. The minimum Gasteiger partial charge on any atom is -0.494 e. The molecule has 0 saturated carbocycles. The van der Waals surface area contributed by atoms with Crippen molar-refractivity contribution in [3.8, 4) is 5.75 Å². The number of nitrogens with two attached hydrogens (primary N) is 1. The van der Waals surface area contributed by atoms with Crippen LogP contribution in [0, 0.1) is 0 Å². The van der Waals surface area contributed by atoms with E-state index in [0.717, 1.165) is 50.3 Å². The second-order valence-corrected chi connectivity index (χ2v) is 5.85. The largest absolute Gasteiger partial charge is 0.494 e. The summed E-state index contributed by atoms with van der Waals surface area (Å²) in [6.45, 7) is 5.56. The zero-order chi connectivity index (χ0) is 16.5. The summed E-state index contributed by atoms with van der Waals surface area (Å²) in [5.41, 5.74) is 6.49. The van der Waals surface area contributed by atoms with Gasteiger partial charge >= 0.3 is 0 Å². The van der Waals surface area contributed by atoms with Gasteiger partial charge in [-0.1, -0.05) is 12.1 Å². The van der Waals surface area contributed by atoms with E-state index in [2.05, 4.69) is 0 Å². The Bertz CT molecular complexity index is 468. The molecular formula is C18H28N2O3. The third-order valence-corrected chi connectivity index (χ3v) is 4.09. The fourth-order valence-corrected chi connectivity index (χ4v) is 2.76. The zero-order valence-corrected chi connectivity index (χ0v) is 14.0. The van der Waals surface area contributed by atoms with E-state index in [4.69, 9.17) is 15.2 Å². The van der Waals surface area contributed by atoms with Crippen LogP contribution in [0.1, 0.15) is 31.7 Å². The molecule has 0 atom stereocenters. The summed E-state index contributed by atoms with van der Waals surface area (Å²) in [6, 6.07) is 7.77. The molecule has 1 aliphatic heterocycles. The van der Waals surface area contributed by atoms with E-state index in [-0.39, 0.29) is 12.0 Å². The minimum absolute atomic E-state index is 0.189. The van der Waals surface area contributed by atoms with E-state index in [0.29, 0.717) is 19.6 Å². The highest BCUT2D eigenvalue weighted by atomic mass is 16.5. The van der Waals surface area contributed by atoms with E-state index in [1.165, 1.54) is 0 Å². The average molecular weight is 320 g/mol. The molecule has 1 heterocycles. The first-order valence-electron chi connectivity index (χ1n) is 8.54. The van der Waals surface area contributed by atoms with Crippen LogP contribution in [0.2, 0.25) is 0 Å². The van der Waals surface area contributed by atoms with Crippen molar-refractivity contribution in [2.45, 2.75) is 38.7 Å². The molecule has 5 heteroatoms. The van der Waals surface area contributed by atoms with Crippen LogP contribution >= 0.6 is 0 Å². The van der Waals surface area contributed by atoms with Gasteiger partial charge in [0.1, 0.15) is 5.75 Å². The van der Waals surface area contributed by atoms with Crippen LogP contribution < -0.4 is 10.5 Å². The molecule has 128 valence electrons. The van der Waals surface area contributed by atoms with Crippen molar-refractivity contribution in [3.63, 3.8) is 0 Å². The van der Waals surface area contributed by atoms with Gasteiger partial charge in [-0.2, -0.15) is 0 Å². The van der Waals surface area contributed by atoms with Crippen LogP contribution in [-0.4, -0.2) is 49.8 Å². The van der Waals surface area contributed by atoms with Gasteiger partial charge in [-0.25, -0.2) is 0 Å². The maximum atomic E-state index is 12.4. The summed E-state index contributed by atoms with van der Waals surface area (Å²) in [5, 5.41) is 0. The summed E-state index contributed by atoms with van der Waals surface area (Å²) in [7, 11) is 0. The number of carbonyl (C=O) groups excluding carboxylic acids is 1. The van der Waals surface area contributed by atoms with Crippen LogP contribution in [-0.2, 0) is 16.0 Å². The fraction of sp³-hybridized carbons (Fsp3) is 0.611. The molecule has 0 bridgehead atoms. The Labute approximate surface area is 138 Å². The zero-order valence-electron chi connectivity index (χ0n) is 14.0. The fourth-order valence-electron chi connectivity index (χ4n) is 2.76. The van der Waals surface area contributed by atoms with Crippen molar-refractivity contribution >= 4 is 5.91 Å². The lowest BCUT2D eigenvalue weighted by molar-refractivity contribution is -0.133. The van der Waals surface area contributed by atoms with Gasteiger partial charge < -0.3 is 20.1 Å². The molecule has 1 amide bonds. The van der Waals surface area contributed by atoms with Crippen LogP contribution in [0.4, 0.5) is 0 Å². The molecule has 0 radical (unpaired) electrons. The lowest BCUT2D eigenvalue weighted by Crippen LogP contribution is -2.41. The van der Waals surface area contributed by atoms with Gasteiger partial charge in [0.2, 0.25) is 5.91 Å². The van der Waals surface area contributed by atoms with Crippen molar-refractivity contribution in [1.29, 1.82) is 0 Å². The van der Waals surface area contributed by atoms with E-state index in [1.54, 1.807) is 0 Å². The molecule has 0 aliphatic carbocycles. The number of benzene rings is 1. The second kappa shape index (κ2) is 9.53. The standard InChI is InChI=1S/C18H28N2O3/c1-2-22-16-6-4-15(5-7-16)14-18(21)20-11-8-17(9-12-20)23-13-3-10-19/h4-7,17H,2-3,8-14,19H2,1H3. The number of piperidine rings is 1. The van der Waals surface area contributed by atoms with E-state index < -0.39 is 0 Å². The van der Waals surface area contributed by atoms with E-state index >= 15 is 0 Å². The van der Waals surface area contributed by atoms with Crippen molar-refractivity contribution in [3.05, 3.63) is 29.8 Å². The maximum absolute atomic E-state index is 12.4. The summed E-state index contributed by atoms with van der Waals surface area (Å²) < 4.78 is 11.2. The van der Waals surface area contributed by atoms with Crippen molar-refractivity contribution in [2.24, 2.45) is 5.73 Å². The minimum atomic E-state index is 0.189. The first kappa shape index (κ1) is 17.8. The molecule has 1 fully saturated rings. The predicted molar refractivity (Wildman–Crippen MR) is 90.5 cm³/mol. The van der Waals surface area contributed by atoms with E-state index in [9.17, 15) is 4.79 Å². The number of hydrogen-bond donors (Lipinski definition) is 1.